The van der Waals surface area contributed by atoms with Crippen LogP contribution in [0.4, 0.5) is 28.4 Å². The molecule has 0 heterocycles. The first kappa shape index (κ1) is 24.1. The van der Waals surface area contributed by atoms with Crippen LogP contribution in [0.15, 0.2) is 53.4 Å². The molecule has 0 radical (unpaired) electrons. The van der Waals surface area contributed by atoms with Crippen LogP contribution in [0, 0.1) is 30.3 Å². The van der Waals surface area contributed by atoms with Gasteiger partial charge in [0.05, 0.1) is 31.8 Å². The Hall–Kier alpha value is -3.17. The van der Waals surface area contributed by atoms with Crippen molar-refractivity contribution in [3.63, 3.8) is 0 Å². The number of nitrogens with one attached hydrogen (secondary N) is 1. The minimum absolute atomic E-state index is 0. The standard InChI is InChI=1S/C16H10N4O9S.Na/c21-18(22)9-7-13(19(23)24)16(14(8-9)20(25)26)17-12-5-6-15(30(27,28)29)11-4-2-1-3-10(11)12;/h1-8,17H,(H,27,28,29);/q;+1/p-1. The second-order valence-electron chi connectivity index (χ2n) is 5.87. The minimum Gasteiger partial charge on any atom is -0.744 e. The van der Waals surface area contributed by atoms with Gasteiger partial charge in [-0.25, -0.2) is 8.42 Å². The topological polar surface area (TPSA) is 199 Å². The van der Waals surface area contributed by atoms with E-state index in [-0.39, 0.29) is 46.0 Å². The molecule has 0 aliphatic rings. The fourth-order valence-corrected chi connectivity index (χ4v) is 3.53. The zero-order valence-electron chi connectivity index (χ0n) is 15.5. The maximum atomic E-state index is 11.5. The van der Waals surface area contributed by atoms with E-state index >= 15 is 0 Å². The molecule has 0 spiro atoms. The first-order chi connectivity index (χ1) is 14.0. The van der Waals surface area contributed by atoms with Gasteiger partial charge in [0, 0.05) is 16.5 Å². The van der Waals surface area contributed by atoms with Crippen LogP contribution in [0.3, 0.4) is 0 Å². The van der Waals surface area contributed by atoms with Crippen molar-refractivity contribution >= 4 is 49.3 Å². The number of benzene rings is 3. The van der Waals surface area contributed by atoms with Gasteiger partial charge in [-0.15, -0.1) is 0 Å². The Morgan fingerprint density at radius 1 is 0.774 bits per heavy atom. The van der Waals surface area contributed by atoms with Crippen molar-refractivity contribution in [1.29, 1.82) is 0 Å². The van der Waals surface area contributed by atoms with Crippen LogP contribution < -0.4 is 34.9 Å². The van der Waals surface area contributed by atoms with Crippen LogP contribution in [0.25, 0.3) is 10.8 Å². The predicted molar refractivity (Wildman–Crippen MR) is 102 cm³/mol. The average Bonchev–Trinajstić information content (AvgIpc) is 2.66. The van der Waals surface area contributed by atoms with Crippen LogP contribution >= 0.6 is 0 Å². The van der Waals surface area contributed by atoms with Gasteiger partial charge in [0.2, 0.25) is 0 Å². The number of anilines is 2. The Morgan fingerprint density at radius 2 is 1.29 bits per heavy atom. The molecule has 0 aliphatic heterocycles. The van der Waals surface area contributed by atoms with Gasteiger partial charge in [0.15, 0.2) is 5.69 Å². The number of fused-ring (bicyclic) bond motifs is 1. The van der Waals surface area contributed by atoms with Crippen molar-refractivity contribution in [2.75, 3.05) is 5.32 Å². The summed E-state index contributed by atoms with van der Waals surface area (Å²) in [5.74, 6) is 0. The van der Waals surface area contributed by atoms with Crippen molar-refractivity contribution in [2.24, 2.45) is 0 Å². The van der Waals surface area contributed by atoms with Gasteiger partial charge in [-0.3, -0.25) is 30.3 Å². The predicted octanol–water partition coefficient (Wildman–Crippen LogP) is 0.216. The molecule has 13 nitrogen and oxygen atoms in total. The Balaban J connectivity index is 0.00000341. The molecule has 0 unspecified atom stereocenters. The number of hydrogen-bond donors (Lipinski definition) is 1. The molecule has 31 heavy (non-hydrogen) atoms. The molecule has 0 saturated heterocycles. The smallest absolute Gasteiger partial charge is 0.744 e. The van der Waals surface area contributed by atoms with Gasteiger partial charge in [-0.05, 0) is 12.1 Å². The van der Waals surface area contributed by atoms with E-state index in [4.69, 9.17) is 0 Å². The molecule has 0 saturated carbocycles. The third-order valence-electron chi connectivity index (χ3n) is 4.10. The SMILES string of the molecule is O=[N+]([O-])c1cc([N+](=O)[O-])c(Nc2ccc(S(=O)(=O)[O-])c3ccccc23)c([N+](=O)[O-])c1.[Na+]. The van der Waals surface area contributed by atoms with Crippen molar-refractivity contribution in [1.82, 2.24) is 0 Å². The molecule has 1 N–H and O–H groups in total. The van der Waals surface area contributed by atoms with Crippen molar-refractivity contribution in [3.05, 3.63) is 78.9 Å². The van der Waals surface area contributed by atoms with E-state index in [9.17, 15) is 43.3 Å². The molecule has 3 aromatic rings. The molecule has 3 aromatic carbocycles. The van der Waals surface area contributed by atoms with Crippen LogP contribution in [-0.4, -0.2) is 27.7 Å². The van der Waals surface area contributed by atoms with Crippen molar-refractivity contribution in [2.45, 2.75) is 4.90 Å². The molecular weight excluding hydrogens is 447 g/mol. The van der Waals surface area contributed by atoms with E-state index in [0.29, 0.717) is 12.1 Å². The Kier molecular flexibility index (Phi) is 6.93. The van der Waals surface area contributed by atoms with E-state index in [1.807, 2.05) is 0 Å². The number of hydrogen-bond acceptors (Lipinski definition) is 10. The van der Waals surface area contributed by atoms with Gasteiger partial charge in [0.1, 0.15) is 10.1 Å². The minimum atomic E-state index is -4.85. The summed E-state index contributed by atoms with van der Waals surface area (Å²) < 4.78 is 34.5. The molecule has 0 aromatic heterocycles. The summed E-state index contributed by atoms with van der Waals surface area (Å²) in [5.41, 5.74) is -3.34. The Labute approximate surface area is 195 Å². The number of rotatable bonds is 6. The maximum absolute atomic E-state index is 11.5. The van der Waals surface area contributed by atoms with Crippen LogP contribution in [0.1, 0.15) is 0 Å². The largest absolute Gasteiger partial charge is 1.00 e. The molecule has 0 bridgehead atoms. The molecular formula is C16H9N4NaO9S. The first-order valence-corrected chi connectivity index (χ1v) is 9.27. The summed E-state index contributed by atoms with van der Waals surface area (Å²) >= 11 is 0. The quantitative estimate of drug-likeness (QED) is 0.231. The summed E-state index contributed by atoms with van der Waals surface area (Å²) in [6, 6.07) is 8.87. The third-order valence-corrected chi connectivity index (χ3v) is 4.99. The van der Waals surface area contributed by atoms with E-state index in [2.05, 4.69) is 5.32 Å². The summed E-state index contributed by atoms with van der Waals surface area (Å²) in [7, 11) is -4.85. The van der Waals surface area contributed by atoms with Crippen molar-refractivity contribution in [3.8, 4) is 0 Å². The second kappa shape index (κ2) is 8.91. The van der Waals surface area contributed by atoms with E-state index in [1.165, 1.54) is 24.3 Å². The molecule has 0 atom stereocenters. The Bertz CT molecular complexity index is 1310. The molecule has 0 amide bonds. The van der Waals surface area contributed by atoms with Crippen LogP contribution in [0.2, 0.25) is 0 Å². The monoisotopic (exact) mass is 456 g/mol. The Morgan fingerprint density at radius 3 is 1.74 bits per heavy atom. The second-order valence-corrected chi connectivity index (χ2v) is 7.21. The summed E-state index contributed by atoms with van der Waals surface area (Å²) in [5, 5.41) is 36.4. The molecule has 0 aliphatic carbocycles. The number of non-ortho nitro benzene ring substituents is 1. The van der Waals surface area contributed by atoms with Crippen LogP contribution in [-0.2, 0) is 10.1 Å². The molecule has 0 fully saturated rings. The van der Waals surface area contributed by atoms with Gasteiger partial charge in [-0.1, -0.05) is 24.3 Å². The summed E-state index contributed by atoms with van der Waals surface area (Å²) in [6.45, 7) is 0. The average molecular weight is 456 g/mol. The third kappa shape index (κ3) is 4.78. The van der Waals surface area contributed by atoms with Crippen molar-refractivity contribution < 1.29 is 57.3 Å². The summed E-state index contributed by atoms with van der Waals surface area (Å²) in [6.07, 6.45) is 0. The van der Waals surface area contributed by atoms with E-state index in [0.717, 1.165) is 12.1 Å². The van der Waals surface area contributed by atoms with E-state index < -0.39 is 52.5 Å². The summed E-state index contributed by atoms with van der Waals surface area (Å²) in [4.78, 5) is 30.2. The normalized spacial score (nSPS) is 10.9. The van der Waals surface area contributed by atoms with Gasteiger partial charge in [0.25, 0.3) is 5.69 Å². The van der Waals surface area contributed by atoms with Gasteiger partial charge >= 0.3 is 40.9 Å². The zero-order chi connectivity index (χ0) is 22.2. The molecule has 154 valence electrons. The maximum Gasteiger partial charge on any atom is 1.00 e. The number of nitro benzene ring substituents is 3. The fourth-order valence-electron chi connectivity index (χ4n) is 2.85. The zero-order valence-corrected chi connectivity index (χ0v) is 18.4. The van der Waals surface area contributed by atoms with Gasteiger partial charge < -0.3 is 9.87 Å². The van der Waals surface area contributed by atoms with Crippen LogP contribution in [0.5, 0.6) is 0 Å². The molecule has 3 rings (SSSR count). The van der Waals surface area contributed by atoms with E-state index in [1.54, 1.807) is 0 Å². The first-order valence-electron chi connectivity index (χ1n) is 7.86. The van der Waals surface area contributed by atoms with Gasteiger partial charge in [-0.2, -0.15) is 0 Å². The molecule has 15 heteroatoms. The number of nitrogens with zero attached hydrogens (tertiary/aromatic N) is 3. The fraction of sp³-hybridized carbons (Fsp3) is 0. The number of nitro groups is 3.